The highest BCUT2D eigenvalue weighted by molar-refractivity contribution is 5.95. The van der Waals surface area contributed by atoms with Crippen molar-refractivity contribution in [2.24, 2.45) is 0 Å². The number of nitrogens with two attached hydrogens (primary N) is 1. The van der Waals surface area contributed by atoms with E-state index in [4.69, 9.17) is 10.5 Å². The first kappa shape index (κ1) is 17.5. The van der Waals surface area contributed by atoms with Crippen LogP contribution in [-0.2, 0) is 4.74 Å². The minimum Gasteiger partial charge on any atom is -0.394 e. The number of aliphatic hydroxyl groups excluding tert-OH is 3. The maximum Gasteiger partial charge on any atom is 0.280 e. The summed E-state index contributed by atoms with van der Waals surface area (Å²) in [6.45, 7) is 1.27. The van der Waals surface area contributed by atoms with Gasteiger partial charge in [0.1, 0.15) is 18.3 Å². The topological polar surface area (TPSA) is 177 Å². The number of carbonyl (C=O) groups excluding carboxylic acids is 1. The molecule has 6 N–H and O–H groups in total. The number of ketones is 1. The molecule has 0 aliphatic carbocycles. The maximum absolute atomic E-state index is 12.4. The maximum atomic E-state index is 12.4. The fourth-order valence-corrected chi connectivity index (χ4v) is 2.87. The van der Waals surface area contributed by atoms with Crippen LogP contribution in [0.25, 0.3) is 11.2 Å². The van der Waals surface area contributed by atoms with Gasteiger partial charge in [-0.1, -0.05) is 6.92 Å². The molecule has 3 rings (SSSR count). The van der Waals surface area contributed by atoms with E-state index < -0.39 is 36.7 Å². The average Bonchev–Trinajstić information content (AvgIpc) is 3.07. The number of Topliss-reactive ketones (excluding diaryl/α,β-unsaturated/α-hetero) is 1. The van der Waals surface area contributed by atoms with Crippen LogP contribution in [0.15, 0.2) is 4.79 Å². The van der Waals surface area contributed by atoms with Gasteiger partial charge in [0, 0.05) is 6.42 Å². The smallest absolute Gasteiger partial charge is 0.280 e. The largest absolute Gasteiger partial charge is 0.394 e. The summed E-state index contributed by atoms with van der Waals surface area (Å²) in [5.41, 5.74) is 4.75. The van der Waals surface area contributed by atoms with Crippen molar-refractivity contribution in [1.82, 2.24) is 19.5 Å². The molecule has 0 amide bonds. The molecule has 4 atom stereocenters. The Hall–Kier alpha value is -2.34. The number of anilines is 1. The minimum atomic E-state index is -1.45. The number of hydrogen-bond donors (Lipinski definition) is 5. The SMILES string of the molecule is CCCC(=O)c1nc2c(=O)[nH]c(N)nc2n1[C@@H]1O[C@H](CO)[C@@H](O)[C@H]1O. The van der Waals surface area contributed by atoms with Crippen molar-refractivity contribution in [2.75, 3.05) is 12.3 Å². The van der Waals surface area contributed by atoms with Crippen LogP contribution < -0.4 is 11.3 Å². The van der Waals surface area contributed by atoms with E-state index in [1.807, 2.05) is 0 Å². The van der Waals surface area contributed by atoms with Gasteiger partial charge in [0.25, 0.3) is 5.56 Å². The van der Waals surface area contributed by atoms with Crippen molar-refractivity contribution in [3.8, 4) is 0 Å². The van der Waals surface area contributed by atoms with Crippen molar-refractivity contribution < 1.29 is 24.9 Å². The Bertz CT molecular complexity index is 861. The van der Waals surface area contributed by atoms with E-state index in [1.165, 1.54) is 0 Å². The van der Waals surface area contributed by atoms with Crippen LogP contribution >= 0.6 is 0 Å². The number of nitrogens with one attached hydrogen (secondary N) is 1. The monoisotopic (exact) mass is 353 g/mol. The number of imidazole rings is 1. The Morgan fingerprint density at radius 1 is 1.36 bits per heavy atom. The number of aromatic amines is 1. The first-order valence-electron chi connectivity index (χ1n) is 7.82. The van der Waals surface area contributed by atoms with Gasteiger partial charge in [0.15, 0.2) is 29.0 Å². The summed E-state index contributed by atoms with van der Waals surface area (Å²) in [4.78, 5) is 34.8. The zero-order valence-electron chi connectivity index (χ0n) is 13.4. The van der Waals surface area contributed by atoms with E-state index in [0.29, 0.717) is 6.42 Å². The Morgan fingerprint density at radius 2 is 2.08 bits per heavy atom. The lowest BCUT2D eigenvalue weighted by Gasteiger charge is -2.18. The summed E-state index contributed by atoms with van der Waals surface area (Å²) in [6.07, 6.45) is -4.42. The third-order valence-electron chi connectivity index (χ3n) is 4.07. The van der Waals surface area contributed by atoms with Crippen molar-refractivity contribution in [3.05, 3.63) is 16.2 Å². The molecule has 1 aliphatic rings. The summed E-state index contributed by atoms with van der Waals surface area (Å²) in [5, 5.41) is 29.5. The van der Waals surface area contributed by atoms with Crippen LogP contribution in [0, 0.1) is 0 Å². The molecule has 2 aromatic heterocycles. The fraction of sp³-hybridized carbons (Fsp3) is 0.571. The molecule has 0 bridgehead atoms. The number of nitrogen functional groups attached to an aromatic ring is 1. The molecule has 1 fully saturated rings. The van der Waals surface area contributed by atoms with Crippen molar-refractivity contribution in [3.63, 3.8) is 0 Å². The molecule has 1 aliphatic heterocycles. The predicted octanol–water partition coefficient (Wildman–Crippen LogP) is -1.70. The summed E-state index contributed by atoms with van der Waals surface area (Å²) >= 11 is 0. The van der Waals surface area contributed by atoms with Crippen LogP contribution in [0.3, 0.4) is 0 Å². The van der Waals surface area contributed by atoms with Gasteiger partial charge in [-0.3, -0.25) is 19.1 Å². The van der Waals surface area contributed by atoms with E-state index in [2.05, 4.69) is 15.0 Å². The zero-order chi connectivity index (χ0) is 18.3. The number of aromatic nitrogens is 4. The van der Waals surface area contributed by atoms with E-state index in [1.54, 1.807) is 6.92 Å². The van der Waals surface area contributed by atoms with E-state index >= 15 is 0 Å². The van der Waals surface area contributed by atoms with Gasteiger partial charge in [-0.05, 0) is 6.42 Å². The van der Waals surface area contributed by atoms with E-state index in [0.717, 1.165) is 4.57 Å². The van der Waals surface area contributed by atoms with Crippen molar-refractivity contribution >= 4 is 22.9 Å². The molecule has 25 heavy (non-hydrogen) atoms. The number of aliphatic hydroxyl groups is 3. The first-order valence-corrected chi connectivity index (χ1v) is 7.82. The Labute approximate surface area is 141 Å². The Kier molecular flexibility index (Phi) is 4.56. The molecule has 136 valence electrons. The molecule has 0 saturated carbocycles. The van der Waals surface area contributed by atoms with Gasteiger partial charge in [0.2, 0.25) is 5.95 Å². The number of nitrogens with zero attached hydrogens (tertiary/aromatic N) is 3. The normalized spacial score (nSPS) is 26.4. The highest BCUT2D eigenvalue weighted by Gasteiger charge is 2.45. The second-order valence-electron chi connectivity index (χ2n) is 5.83. The quantitative estimate of drug-likeness (QED) is 0.392. The third-order valence-corrected chi connectivity index (χ3v) is 4.07. The van der Waals surface area contributed by atoms with Gasteiger partial charge in [-0.25, -0.2) is 4.98 Å². The number of ether oxygens (including phenoxy) is 1. The molecule has 3 heterocycles. The van der Waals surface area contributed by atoms with E-state index in [9.17, 15) is 24.9 Å². The van der Waals surface area contributed by atoms with E-state index in [-0.39, 0.29) is 35.1 Å². The molecule has 0 spiro atoms. The lowest BCUT2D eigenvalue weighted by Crippen LogP contribution is -2.33. The summed E-state index contributed by atoms with van der Waals surface area (Å²) < 4.78 is 6.62. The van der Waals surface area contributed by atoms with Gasteiger partial charge >= 0.3 is 0 Å². The molecular weight excluding hydrogens is 334 g/mol. The zero-order valence-corrected chi connectivity index (χ0v) is 13.4. The number of hydrogen-bond acceptors (Lipinski definition) is 9. The highest BCUT2D eigenvalue weighted by atomic mass is 16.6. The summed E-state index contributed by atoms with van der Waals surface area (Å²) in [5.74, 6) is -0.702. The molecule has 0 aromatic carbocycles. The number of carbonyl (C=O) groups is 1. The number of fused-ring (bicyclic) bond motifs is 1. The fourth-order valence-electron chi connectivity index (χ4n) is 2.87. The molecule has 1 saturated heterocycles. The highest BCUT2D eigenvalue weighted by Crippen LogP contribution is 2.32. The molecule has 0 radical (unpaired) electrons. The standard InChI is InChI=1S/C14H19N5O6/c1-2-3-5(21)10-16-7-11(17-14(15)18-12(7)24)19(10)13-9(23)8(22)6(4-20)25-13/h6,8-9,13,20,22-23H,2-4H2,1H3,(H3,15,17,18,24)/t6-,8-,9-,13-/m1/s1. The van der Waals surface area contributed by atoms with Gasteiger partial charge < -0.3 is 25.8 Å². The third kappa shape index (κ3) is 2.80. The second-order valence-corrected chi connectivity index (χ2v) is 5.83. The first-order chi connectivity index (χ1) is 11.9. The summed E-state index contributed by atoms with van der Waals surface area (Å²) in [7, 11) is 0. The second kappa shape index (κ2) is 6.52. The summed E-state index contributed by atoms with van der Waals surface area (Å²) in [6, 6.07) is 0. The molecule has 2 aromatic rings. The van der Waals surface area contributed by atoms with Crippen LogP contribution in [0.4, 0.5) is 5.95 Å². The Balaban J connectivity index is 2.23. The van der Waals surface area contributed by atoms with Gasteiger partial charge in [-0.15, -0.1) is 0 Å². The molecular formula is C14H19N5O6. The van der Waals surface area contributed by atoms with Crippen LogP contribution in [0.5, 0.6) is 0 Å². The van der Waals surface area contributed by atoms with Gasteiger partial charge in [-0.2, -0.15) is 4.98 Å². The van der Waals surface area contributed by atoms with Crippen LogP contribution in [-0.4, -0.2) is 65.5 Å². The number of rotatable bonds is 5. The van der Waals surface area contributed by atoms with Crippen molar-refractivity contribution in [2.45, 2.75) is 44.3 Å². The number of H-pyrrole nitrogens is 1. The van der Waals surface area contributed by atoms with Crippen LogP contribution in [0.2, 0.25) is 0 Å². The molecule has 0 unspecified atom stereocenters. The minimum absolute atomic E-state index is 0.0458. The predicted molar refractivity (Wildman–Crippen MR) is 84.8 cm³/mol. The Morgan fingerprint density at radius 3 is 2.68 bits per heavy atom. The average molecular weight is 353 g/mol. The van der Waals surface area contributed by atoms with Gasteiger partial charge in [0.05, 0.1) is 6.61 Å². The lowest BCUT2D eigenvalue weighted by atomic mass is 10.1. The molecule has 11 nitrogen and oxygen atoms in total. The molecule has 11 heteroatoms. The van der Waals surface area contributed by atoms with Crippen molar-refractivity contribution in [1.29, 1.82) is 0 Å². The van der Waals surface area contributed by atoms with Crippen LogP contribution in [0.1, 0.15) is 36.6 Å². The lowest BCUT2D eigenvalue weighted by molar-refractivity contribution is -0.0518.